The second kappa shape index (κ2) is 6.67. The van der Waals surface area contributed by atoms with E-state index in [4.69, 9.17) is 9.47 Å². The van der Waals surface area contributed by atoms with E-state index in [2.05, 4.69) is 10.3 Å². The number of hydrogen-bond acceptors (Lipinski definition) is 4. The van der Waals surface area contributed by atoms with E-state index in [1.54, 1.807) is 6.07 Å². The van der Waals surface area contributed by atoms with Crippen LogP contribution in [0, 0.1) is 0 Å². The molecule has 0 atom stereocenters. The van der Waals surface area contributed by atoms with Gasteiger partial charge in [-0.1, -0.05) is 30.3 Å². The summed E-state index contributed by atoms with van der Waals surface area (Å²) in [6, 6.07) is 17.2. The smallest absolute Gasteiger partial charge is 0.259 e. The number of ether oxygens (including phenoxy) is 2. The van der Waals surface area contributed by atoms with Crippen molar-refractivity contribution in [3.8, 4) is 11.5 Å². The van der Waals surface area contributed by atoms with Gasteiger partial charge in [0.05, 0.1) is 23.3 Å². The molecule has 0 fully saturated rings. The summed E-state index contributed by atoms with van der Waals surface area (Å²) in [6.45, 7) is 2.77. The highest BCUT2D eigenvalue weighted by Gasteiger charge is 2.32. The van der Waals surface area contributed by atoms with Crippen LogP contribution in [0.3, 0.4) is 0 Å². The van der Waals surface area contributed by atoms with Crippen LogP contribution in [0.5, 0.6) is 11.5 Å². The number of amides is 2. The summed E-state index contributed by atoms with van der Waals surface area (Å²) in [5.74, 6) is 0.435. The van der Waals surface area contributed by atoms with E-state index in [0.717, 1.165) is 16.5 Å². The Morgan fingerprint density at radius 2 is 1.76 bits per heavy atom. The van der Waals surface area contributed by atoms with Crippen molar-refractivity contribution in [2.75, 3.05) is 6.61 Å². The third kappa shape index (κ3) is 2.81. The number of aromatic nitrogens is 1. The molecule has 5 rings (SSSR count). The molecular weight excluding hydrogens is 368 g/mol. The number of imide groups is 1. The molecule has 0 aliphatic carbocycles. The summed E-state index contributed by atoms with van der Waals surface area (Å²) >= 11 is 0. The first-order chi connectivity index (χ1) is 14.2. The Labute approximate surface area is 166 Å². The van der Waals surface area contributed by atoms with Crippen LogP contribution in [0.1, 0.15) is 33.2 Å². The van der Waals surface area contributed by atoms with Crippen LogP contribution >= 0.6 is 0 Å². The molecule has 4 aromatic rings. The topological polar surface area (TPSA) is 80.4 Å². The van der Waals surface area contributed by atoms with Crippen LogP contribution in [0.15, 0.2) is 54.6 Å². The number of carbonyl (C=O) groups excluding carboxylic acids is 2. The maximum Gasteiger partial charge on any atom is 0.259 e. The van der Waals surface area contributed by atoms with Crippen LogP contribution in [-0.4, -0.2) is 23.4 Å². The highest BCUT2D eigenvalue weighted by molar-refractivity contribution is 6.30. The fourth-order valence-corrected chi connectivity index (χ4v) is 3.77. The monoisotopic (exact) mass is 386 g/mol. The van der Waals surface area contributed by atoms with E-state index in [-0.39, 0.29) is 0 Å². The second-order valence-corrected chi connectivity index (χ2v) is 6.87. The van der Waals surface area contributed by atoms with Gasteiger partial charge >= 0.3 is 0 Å². The minimum Gasteiger partial charge on any atom is -0.492 e. The lowest BCUT2D eigenvalue weighted by Crippen LogP contribution is -2.19. The molecule has 2 amide bonds. The summed E-state index contributed by atoms with van der Waals surface area (Å²) in [5.41, 5.74) is 3.32. The Hall–Kier alpha value is -3.80. The molecule has 0 unspecified atom stereocenters. The van der Waals surface area contributed by atoms with Gasteiger partial charge in [-0.3, -0.25) is 14.9 Å². The van der Waals surface area contributed by atoms with Gasteiger partial charge < -0.3 is 14.5 Å². The number of rotatable bonds is 5. The SMILES string of the molecule is CCOc1cc2c(c3c1[nH]c1ccc(OCc4ccccc4)cc13)C(=O)NC2=O. The van der Waals surface area contributed by atoms with Crippen molar-refractivity contribution in [1.29, 1.82) is 0 Å². The van der Waals surface area contributed by atoms with E-state index in [1.165, 1.54) is 0 Å². The fraction of sp³-hybridized carbons (Fsp3) is 0.130. The summed E-state index contributed by atoms with van der Waals surface area (Å²) < 4.78 is 11.7. The molecule has 144 valence electrons. The predicted octanol–water partition coefficient (Wildman–Crippen LogP) is 4.18. The zero-order valence-electron chi connectivity index (χ0n) is 15.7. The molecular formula is C23H18N2O4. The lowest BCUT2D eigenvalue weighted by atomic mass is 10.0. The minimum absolute atomic E-state index is 0.336. The lowest BCUT2D eigenvalue weighted by molar-refractivity contribution is 0.0880. The molecule has 0 spiro atoms. The maximum atomic E-state index is 12.5. The summed E-state index contributed by atoms with van der Waals surface area (Å²) in [6.07, 6.45) is 0. The number of hydrogen-bond donors (Lipinski definition) is 2. The van der Waals surface area contributed by atoms with Crippen molar-refractivity contribution >= 4 is 33.6 Å². The second-order valence-electron chi connectivity index (χ2n) is 6.87. The molecule has 0 saturated heterocycles. The van der Waals surface area contributed by atoms with Gasteiger partial charge in [0.15, 0.2) is 0 Å². The first-order valence-corrected chi connectivity index (χ1v) is 9.43. The molecule has 3 aromatic carbocycles. The normalized spacial score (nSPS) is 13.0. The van der Waals surface area contributed by atoms with Crippen molar-refractivity contribution < 1.29 is 19.1 Å². The first-order valence-electron chi connectivity index (χ1n) is 9.43. The molecule has 0 bridgehead atoms. The predicted molar refractivity (Wildman–Crippen MR) is 110 cm³/mol. The Bertz CT molecular complexity index is 1270. The number of carbonyl (C=O) groups is 2. The highest BCUT2D eigenvalue weighted by atomic mass is 16.5. The molecule has 2 N–H and O–H groups in total. The van der Waals surface area contributed by atoms with Gasteiger partial charge in [-0.2, -0.15) is 0 Å². The van der Waals surface area contributed by atoms with E-state index < -0.39 is 11.8 Å². The highest BCUT2D eigenvalue weighted by Crippen LogP contribution is 2.39. The molecule has 1 aliphatic rings. The van der Waals surface area contributed by atoms with E-state index in [9.17, 15) is 9.59 Å². The van der Waals surface area contributed by atoms with Crippen LogP contribution in [0.25, 0.3) is 21.8 Å². The zero-order chi connectivity index (χ0) is 20.0. The summed E-state index contributed by atoms with van der Waals surface area (Å²) in [7, 11) is 0. The van der Waals surface area contributed by atoms with Gasteiger partial charge in [0.1, 0.15) is 18.1 Å². The number of benzene rings is 3. The van der Waals surface area contributed by atoms with E-state index >= 15 is 0 Å². The molecule has 2 heterocycles. The van der Waals surface area contributed by atoms with Crippen LogP contribution in [-0.2, 0) is 6.61 Å². The Balaban J connectivity index is 1.67. The Morgan fingerprint density at radius 3 is 2.55 bits per heavy atom. The van der Waals surface area contributed by atoms with Crippen molar-refractivity contribution in [3.05, 3.63) is 71.3 Å². The zero-order valence-corrected chi connectivity index (χ0v) is 15.7. The molecule has 0 saturated carbocycles. The quantitative estimate of drug-likeness (QED) is 0.504. The number of aromatic amines is 1. The van der Waals surface area contributed by atoms with Crippen LogP contribution in [0.2, 0.25) is 0 Å². The Morgan fingerprint density at radius 1 is 0.931 bits per heavy atom. The van der Waals surface area contributed by atoms with Crippen molar-refractivity contribution in [3.63, 3.8) is 0 Å². The number of nitrogens with one attached hydrogen (secondary N) is 2. The minimum atomic E-state index is -0.404. The van der Waals surface area contributed by atoms with E-state index in [0.29, 0.717) is 46.7 Å². The van der Waals surface area contributed by atoms with Gasteiger partial charge in [-0.05, 0) is 36.8 Å². The number of H-pyrrole nitrogens is 1. The molecule has 0 radical (unpaired) electrons. The third-order valence-electron chi connectivity index (χ3n) is 5.06. The fourth-order valence-electron chi connectivity index (χ4n) is 3.77. The van der Waals surface area contributed by atoms with Gasteiger partial charge in [-0.15, -0.1) is 0 Å². The summed E-state index contributed by atoms with van der Waals surface area (Å²) in [4.78, 5) is 28.0. The standard InChI is InChI=1S/C23H18N2O4/c1-2-28-18-11-16-20(23(27)25-22(16)26)19-15-10-14(8-9-17(15)24-21(18)19)29-12-13-6-4-3-5-7-13/h3-11,24H,2,12H2,1H3,(H,25,26,27). The molecule has 1 aliphatic heterocycles. The largest absolute Gasteiger partial charge is 0.492 e. The first kappa shape index (κ1) is 17.3. The van der Waals surface area contributed by atoms with Crippen molar-refractivity contribution in [2.45, 2.75) is 13.5 Å². The molecule has 6 nitrogen and oxygen atoms in total. The van der Waals surface area contributed by atoms with E-state index in [1.807, 2.05) is 55.5 Å². The summed E-state index contributed by atoms with van der Waals surface area (Å²) in [5, 5.41) is 3.87. The third-order valence-corrected chi connectivity index (χ3v) is 5.06. The number of fused-ring (bicyclic) bond motifs is 5. The lowest BCUT2D eigenvalue weighted by Gasteiger charge is -2.08. The van der Waals surface area contributed by atoms with Gasteiger partial charge in [0.25, 0.3) is 11.8 Å². The average molecular weight is 386 g/mol. The van der Waals surface area contributed by atoms with Gasteiger partial charge in [0, 0.05) is 16.3 Å². The van der Waals surface area contributed by atoms with Crippen molar-refractivity contribution in [2.24, 2.45) is 0 Å². The molecule has 6 heteroatoms. The van der Waals surface area contributed by atoms with Crippen LogP contribution in [0.4, 0.5) is 0 Å². The van der Waals surface area contributed by atoms with Gasteiger partial charge in [-0.25, -0.2) is 0 Å². The molecule has 1 aromatic heterocycles. The van der Waals surface area contributed by atoms with Gasteiger partial charge in [0.2, 0.25) is 0 Å². The van der Waals surface area contributed by atoms with Crippen molar-refractivity contribution in [1.82, 2.24) is 10.3 Å². The Kier molecular flexibility index (Phi) is 3.98. The molecule has 29 heavy (non-hydrogen) atoms. The van der Waals surface area contributed by atoms with Crippen LogP contribution < -0.4 is 14.8 Å². The average Bonchev–Trinajstić information content (AvgIpc) is 3.24. The maximum absolute atomic E-state index is 12.5.